The maximum Gasteiger partial charge on any atom is 0.310 e. The van der Waals surface area contributed by atoms with Gasteiger partial charge in [0.05, 0.1) is 58.0 Å². The third-order valence-corrected chi connectivity index (χ3v) is 22.7. The van der Waals surface area contributed by atoms with Crippen LogP contribution in [-0.2, 0) is 70.0 Å². The summed E-state index contributed by atoms with van der Waals surface area (Å²) < 4.78 is 31.3. The van der Waals surface area contributed by atoms with Crippen LogP contribution in [0.2, 0.25) is 20.1 Å². The third-order valence-electron chi connectivity index (χ3n) is 21.5. The highest BCUT2D eigenvalue weighted by molar-refractivity contribution is 6.40. The van der Waals surface area contributed by atoms with E-state index in [1.165, 1.54) is 174 Å². The molecule has 2 N–H and O–H groups in total. The zero-order chi connectivity index (χ0) is 96.3. The molecular formula is C114H170Cl4N2O12. The lowest BCUT2D eigenvalue weighted by molar-refractivity contribution is -0.159. The Labute approximate surface area is 820 Å². The van der Waals surface area contributed by atoms with Crippen molar-refractivity contribution in [1.82, 2.24) is 0 Å². The van der Waals surface area contributed by atoms with Crippen LogP contribution >= 0.6 is 46.4 Å². The van der Waals surface area contributed by atoms with Crippen LogP contribution in [0.4, 0.5) is 22.7 Å². The normalized spacial score (nSPS) is 12.0. The number of esters is 6. The first-order valence-electron chi connectivity index (χ1n) is 50.5. The molecule has 2 atom stereocenters. The molecule has 0 saturated carbocycles. The number of hydrogen-bond acceptors (Lipinski definition) is 14. The number of para-hydroxylation sites is 4. The van der Waals surface area contributed by atoms with E-state index in [0.29, 0.717) is 70.2 Å². The van der Waals surface area contributed by atoms with Crippen LogP contribution in [0, 0.1) is 0 Å². The fraction of sp³-hybridized carbons (Fsp3) is 0.561. The number of carbonyl (C=O) groups excluding carboxylic acids is 6. The number of benzene rings is 4. The Bertz CT molecular complexity index is 3850. The fourth-order valence-electron chi connectivity index (χ4n) is 13.8. The molecule has 0 aliphatic carbocycles. The maximum atomic E-state index is 12.2. The molecule has 18 heteroatoms. The second-order valence-corrected chi connectivity index (χ2v) is 34.9. The van der Waals surface area contributed by atoms with Gasteiger partial charge in [-0.3, -0.25) is 28.8 Å². The summed E-state index contributed by atoms with van der Waals surface area (Å²) in [5.74, 6) is -1.37. The van der Waals surface area contributed by atoms with E-state index in [1.807, 2.05) is 62.4 Å². The molecule has 736 valence electrons. The highest BCUT2D eigenvalue weighted by Gasteiger charge is 2.18. The van der Waals surface area contributed by atoms with E-state index in [9.17, 15) is 28.8 Å². The smallest absolute Gasteiger partial charge is 0.310 e. The first-order chi connectivity index (χ1) is 64.5. The van der Waals surface area contributed by atoms with Gasteiger partial charge in [-0.05, 0) is 171 Å². The Kier molecular flexibility index (Phi) is 83.7. The summed E-state index contributed by atoms with van der Waals surface area (Å²) in [6, 6.07) is 25.5. The van der Waals surface area contributed by atoms with Gasteiger partial charge in [0, 0.05) is 37.1 Å². The van der Waals surface area contributed by atoms with Crippen molar-refractivity contribution in [2.24, 2.45) is 0 Å². The number of hydrogen-bond donors (Lipinski definition) is 2. The average Bonchev–Trinajstić information content (AvgIpc) is 0.839. The molecule has 4 aromatic carbocycles. The minimum Gasteiger partial charge on any atom is -0.469 e. The first-order valence-corrected chi connectivity index (χ1v) is 52.0. The number of unbranched alkanes of at least 4 members (excludes halogenated alkanes) is 30. The predicted octanol–water partition coefficient (Wildman–Crippen LogP) is 35.0. The van der Waals surface area contributed by atoms with Crippen LogP contribution in [0.3, 0.4) is 0 Å². The number of ether oxygens (including phenoxy) is 6. The standard InChI is InChI=1S/C44H66O4.C39H76O4.C16H15Cl2NO2.C15H13Cl2NO2/c1-4-7-9-11-13-15-17-19-21-23-25-27-29-31-33-35-37-39-43(45)47-41-42(6-3)48-44(46)40-38-36-34-32-30-28-26-24-22-20-18-16-14-12-10-8-5-2;1-4-6-8-10-12-14-16-18-20-22-24-26-28-30-32-34-38(40)42-36-37(3)43-39(41)35-33-31-29-27-25-23-21-19-17-15-13-11-9-7-5-2;1-2-21-15(20)10-11-6-3-4-9-14(11)19-16-12(17)7-5-8-13(16)18;1-20-14(19)9-10-5-2-3-8-13(10)18-15-11(16)6-4-7-12(15)17/h7-10,13-16,19-22,25-28,31-34,42H,4-6,11-12,17-18,23-24,29-30,35-41H2,1-3H3;37H,4-36H2,1-3H3;3-9,19H,2,10H2,1H3;2-8,18H,9H2,1H3/b9-7-,10-8-,15-13-,16-14-,21-19-,22-20-,27-25-,28-26-,33-31-,34-32-;;;. The molecule has 0 aromatic heterocycles. The van der Waals surface area contributed by atoms with Gasteiger partial charge in [0.15, 0.2) is 0 Å². The van der Waals surface area contributed by atoms with Crippen LogP contribution in [0.5, 0.6) is 0 Å². The Morgan fingerprint density at radius 1 is 0.303 bits per heavy atom. The van der Waals surface area contributed by atoms with Crippen LogP contribution < -0.4 is 10.6 Å². The summed E-state index contributed by atoms with van der Waals surface area (Å²) in [5.41, 5.74) is 4.43. The van der Waals surface area contributed by atoms with E-state index in [2.05, 4.69) is 165 Å². The van der Waals surface area contributed by atoms with E-state index in [-0.39, 0.29) is 74.1 Å². The number of allylic oxidation sites excluding steroid dienone is 20. The van der Waals surface area contributed by atoms with E-state index >= 15 is 0 Å². The molecule has 0 saturated heterocycles. The zero-order valence-corrected chi connectivity index (χ0v) is 85.4. The quantitative estimate of drug-likeness (QED) is 0.0184. The van der Waals surface area contributed by atoms with E-state index in [0.717, 1.165) is 138 Å². The van der Waals surface area contributed by atoms with E-state index in [4.69, 9.17) is 70.1 Å². The molecular weight excluding hydrogens is 1730 g/mol. The molecule has 2 unspecified atom stereocenters. The maximum absolute atomic E-state index is 12.2. The van der Waals surface area contributed by atoms with Crippen molar-refractivity contribution in [3.63, 3.8) is 0 Å². The van der Waals surface area contributed by atoms with Crippen molar-refractivity contribution in [3.05, 3.63) is 238 Å². The molecule has 0 heterocycles. The summed E-state index contributed by atoms with van der Waals surface area (Å²) in [4.78, 5) is 71.6. The lowest BCUT2D eigenvalue weighted by atomic mass is 10.0. The highest BCUT2D eigenvalue weighted by atomic mass is 35.5. The van der Waals surface area contributed by atoms with Crippen LogP contribution in [-0.4, -0.2) is 75.0 Å². The van der Waals surface area contributed by atoms with Crippen molar-refractivity contribution in [1.29, 1.82) is 0 Å². The third kappa shape index (κ3) is 74.2. The summed E-state index contributed by atoms with van der Waals surface area (Å²) >= 11 is 24.5. The largest absolute Gasteiger partial charge is 0.469 e. The number of carbonyl (C=O) groups is 6. The number of anilines is 4. The minimum absolute atomic E-state index is 0.123. The predicted molar refractivity (Wildman–Crippen MR) is 562 cm³/mol. The van der Waals surface area contributed by atoms with Crippen LogP contribution in [0.1, 0.15) is 374 Å². The molecule has 14 nitrogen and oxygen atoms in total. The van der Waals surface area contributed by atoms with Crippen LogP contribution in [0.15, 0.2) is 206 Å². The molecule has 132 heavy (non-hydrogen) atoms. The van der Waals surface area contributed by atoms with Crippen molar-refractivity contribution >= 4 is 105 Å². The Morgan fingerprint density at radius 3 is 0.924 bits per heavy atom. The SMILES string of the molecule is CC/C=C\C/C=C\C/C=C\C/C=C\C/C=C\CCCC(=O)OCC(CC)OC(=O)CCC/C=C\C/C=C\C/C=C\C/C=C\C/C=C\CC.CCCCCCCCCCCCCCCCCC(=O)OCC(C)OC(=O)CCCCCCCCCCCCCCCCC.CCOC(=O)Cc1ccccc1Nc1c(Cl)cccc1Cl.COC(=O)Cc1ccccc1Nc1c(Cl)cccc1Cl. The minimum atomic E-state index is -0.388. The summed E-state index contributed by atoms with van der Waals surface area (Å²) in [6.45, 7) is 15.0. The van der Waals surface area contributed by atoms with Gasteiger partial charge in [0.25, 0.3) is 0 Å². The molecule has 4 aromatic rings. The van der Waals surface area contributed by atoms with Gasteiger partial charge >= 0.3 is 35.8 Å². The lowest BCUT2D eigenvalue weighted by Gasteiger charge is -2.16. The van der Waals surface area contributed by atoms with Gasteiger partial charge in [0.1, 0.15) is 25.4 Å². The molecule has 0 amide bonds. The van der Waals surface area contributed by atoms with Crippen molar-refractivity contribution in [2.75, 3.05) is 37.6 Å². The fourth-order valence-corrected chi connectivity index (χ4v) is 14.8. The molecule has 0 radical (unpaired) electrons. The average molecular weight is 1900 g/mol. The first kappa shape index (κ1) is 122. The zero-order valence-electron chi connectivity index (χ0n) is 82.4. The lowest BCUT2D eigenvalue weighted by Crippen LogP contribution is -2.24. The topological polar surface area (TPSA) is 182 Å². The van der Waals surface area contributed by atoms with Crippen molar-refractivity contribution < 1.29 is 57.2 Å². The summed E-state index contributed by atoms with van der Waals surface area (Å²) in [6.07, 6.45) is 98.0. The van der Waals surface area contributed by atoms with Gasteiger partial charge in [-0.1, -0.05) is 431 Å². The highest BCUT2D eigenvalue weighted by Crippen LogP contribution is 2.36. The molecule has 0 fully saturated rings. The second-order valence-electron chi connectivity index (χ2n) is 33.3. The van der Waals surface area contributed by atoms with E-state index < -0.39 is 0 Å². The molecule has 0 aliphatic rings. The number of halogens is 4. The monoisotopic (exact) mass is 1900 g/mol. The molecule has 0 spiro atoms. The number of rotatable bonds is 74. The van der Waals surface area contributed by atoms with Gasteiger partial charge < -0.3 is 39.1 Å². The van der Waals surface area contributed by atoms with E-state index in [1.54, 1.807) is 43.3 Å². The van der Waals surface area contributed by atoms with Crippen molar-refractivity contribution in [3.8, 4) is 0 Å². The molecule has 4 rings (SSSR count). The Hall–Kier alpha value is -8.14. The summed E-state index contributed by atoms with van der Waals surface area (Å²) in [7, 11) is 1.36. The molecule has 0 aliphatic heterocycles. The van der Waals surface area contributed by atoms with Crippen LogP contribution in [0.25, 0.3) is 0 Å². The van der Waals surface area contributed by atoms with Gasteiger partial charge in [-0.15, -0.1) is 0 Å². The second kappa shape index (κ2) is 90.7. The molecule has 0 bridgehead atoms. The van der Waals surface area contributed by atoms with Crippen molar-refractivity contribution in [2.45, 2.75) is 388 Å². The Balaban J connectivity index is 0.000000935. The summed E-state index contributed by atoms with van der Waals surface area (Å²) in [5, 5.41) is 8.43. The van der Waals surface area contributed by atoms with Gasteiger partial charge in [0.2, 0.25) is 0 Å². The number of nitrogens with one attached hydrogen (secondary N) is 2. The van der Waals surface area contributed by atoms with Gasteiger partial charge in [-0.2, -0.15) is 0 Å². The van der Waals surface area contributed by atoms with Gasteiger partial charge in [-0.25, -0.2) is 0 Å². The number of methoxy groups -OCH3 is 1. The Morgan fingerprint density at radius 2 is 0.591 bits per heavy atom.